The van der Waals surface area contributed by atoms with E-state index in [1.807, 2.05) is 6.92 Å². The molecule has 0 bridgehead atoms. The molecule has 0 saturated heterocycles. The van der Waals surface area contributed by atoms with Gasteiger partial charge in [0.05, 0.1) is 4.92 Å². The third kappa shape index (κ3) is 2.29. The third-order valence-electron chi connectivity index (χ3n) is 1.97. The highest BCUT2D eigenvalue weighted by atomic mass is 79.9. The summed E-state index contributed by atoms with van der Waals surface area (Å²) in [5, 5.41) is 11.0. The lowest BCUT2D eigenvalue weighted by Gasteiger charge is -2.07. The third-order valence-corrected chi connectivity index (χ3v) is 2.94. The Morgan fingerprint density at radius 3 is 2.71 bits per heavy atom. The fraction of sp³-hybridized carbons (Fsp3) is 0.333. The number of nitro groups is 1. The van der Waals surface area contributed by atoms with Crippen molar-refractivity contribution in [3.05, 3.63) is 39.7 Å². The zero-order valence-corrected chi connectivity index (χ0v) is 9.12. The Hall–Kier alpha value is -0.970. The molecule has 1 rings (SSSR count). The van der Waals surface area contributed by atoms with Crippen molar-refractivity contribution in [3.8, 4) is 0 Å². The van der Waals surface area contributed by atoms with Gasteiger partial charge < -0.3 is 0 Å². The molecule has 0 heterocycles. The molecule has 1 unspecified atom stereocenters. The van der Waals surface area contributed by atoms with Crippen LogP contribution >= 0.6 is 15.9 Å². The molecular formula is C9H9BrFNO2. The Bertz CT molecular complexity index is 357. The number of halogens is 2. The van der Waals surface area contributed by atoms with Crippen LogP contribution in [0.5, 0.6) is 0 Å². The van der Waals surface area contributed by atoms with Crippen LogP contribution in [0.3, 0.4) is 0 Å². The lowest BCUT2D eigenvalue weighted by Crippen LogP contribution is -1.98. The van der Waals surface area contributed by atoms with E-state index in [-0.39, 0.29) is 5.92 Å². The zero-order chi connectivity index (χ0) is 10.7. The van der Waals surface area contributed by atoms with Gasteiger partial charge in [0.25, 0.3) is 0 Å². The summed E-state index contributed by atoms with van der Waals surface area (Å²) in [6.45, 7) is 1.91. The van der Waals surface area contributed by atoms with E-state index < -0.39 is 16.4 Å². The van der Waals surface area contributed by atoms with Crippen molar-refractivity contribution < 1.29 is 9.31 Å². The summed E-state index contributed by atoms with van der Waals surface area (Å²) in [7, 11) is 0. The molecule has 5 heteroatoms. The van der Waals surface area contributed by atoms with Crippen LogP contribution < -0.4 is 0 Å². The van der Waals surface area contributed by atoms with E-state index in [1.165, 1.54) is 12.1 Å². The highest BCUT2D eigenvalue weighted by molar-refractivity contribution is 9.09. The molecule has 1 aromatic rings. The van der Waals surface area contributed by atoms with Crippen LogP contribution in [-0.2, 0) is 0 Å². The quantitative estimate of drug-likeness (QED) is 0.476. The normalized spacial score (nSPS) is 12.5. The largest absolute Gasteiger partial charge is 0.304 e. The lowest BCUT2D eigenvalue weighted by molar-refractivity contribution is -0.387. The van der Waals surface area contributed by atoms with Crippen LogP contribution in [0.25, 0.3) is 0 Å². The van der Waals surface area contributed by atoms with Gasteiger partial charge in [0.15, 0.2) is 0 Å². The minimum atomic E-state index is -0.777. The van der Waals surface area contributed by atoms with E-state index in [2.05, 4.69) is 15.9 Å². The topological polar surface area (TPSA) is 43.1 Å². The first kappa shape index (κ1) is 11.1. The summed E-state index contributed by atoms with van der Waals surface area (Å²) < 4.78 is 13.1. The number of benzene rings is 1. The molecule has 0 aliphatic carbocycles. The average Bonchev–Trinajstić information content (AvgIpc) is 2.15. The van der Waals surface area contributed by atoms with Gasteiger partial charge in [-0.2, -0.15) is 4.39 Å². The predicted molar refractivity (Wildman–Crippen MR) is 55.3 cm³/mol. The first-order valence-electron chi connectivity index (χ1n) is 4.06. The Labute approximate surface area is 89.2 Å². The second-order valence-electron chi connectivity index (χ2n) is 3.02. The fourth-order valence-electron chi connectivity index (χ4n) is 1.07. The fourth-order valence-corrected chi connectivity index (χ4v) is 1.44. The van der Waals surface area contributed by atoms with E-state index in [0.29, 0.717) is 5.33 Å². The van der Waals surface area contributed by atoms with Gasteiger partial charge in [0.1, 0.15) is 0 Å². The molecule has 1 aromatic carbocycles. The first-order chi connectivity index (χ1) is 6.56. The SMILES string of the molecule is CC(CBr)c1ccc([N+](=O)[O-])c(F)c1. The van der Waals surface area contributed by atoms with Gasteiger partial charge >= 0.3 is 5.69 Å². The van der Waals surface area contributed by atoms with Crippen molar-refractivity contribution >= 4 is 21.6 Å². The van der Waals surface area contributed by atoms with E-state index in [9.17, 15) is 14.5 Å². The van der Waals surface area contributed by atoms with E-state index >= 15 is 0 Å². The van der Waals surface area contributed by atoms with Crippen LogP contribution in [0.2, 0.25) is 0 Å². The summed E-state index contributed by atoms with van der Waals surface area (Å²) in [5.41, 5.74) is 0.278. The standard InChI is InChI=1S/C9H9BrFNO2/c1-6(5-10)7-2-3-9(12(13)14)8(11)4-7/h2-4,6H,5H2,1H3. The van der Waals surface area contributed by atoms with Crippen molar-refractivity contribution in [1.29, 1.82) is 0 Å². The number of hydrogen-bond donors (Lipinski definition) is 0. The summed E-state index contributed by atoms with van der Waals surface area (Å²) in [4.78, 5) is 9.60. The lowest BCUT2D eigenvalue weighted by atomic mass is 10.0. The van der Waals surface area contributed by atoms with E-state index in [0.717, 1.165) is 5.56 Å². The van der Waals surface area contributed by atoms with Gasteiger partial charge in [0, 0.05) is 11.4 Å². The molecule has 0 fully saturated rings. The molecule has 0 saturated carbocycles. The van der Waals surface area contributed by atoms with Gasteiger partial charge in [-0.1, -0.05) is 28.9 Å². The Morgan fingerprint density at radius 1 is 1.64 bits per heavy atom. The molecule has 14 heavy (non-hydrogen) atoms. The van der Waals surface area contributed by atoms with Crippen LogP contribution in [0.1, 0.15) is 18.4 Å². The van der Waals surface area contributed by atoms with Crippen LogP contribution in [0.15, 0.2) is 18.2 Å². The maximum atomic E-state index is 13.1. The monoisotopic (exact) mass is 261 g/mol. The molecule has 76 valence electrons. The van der Waals surface area contributed by atoms with Gasteiger partial charge in [-0.25, -0.2) is 0 Å². The first-order valence-corrected chi connectivity index (χ1v) is 5.18. The maximum absolute atomic E-state index is 13.1. The smallest absolute Gasteiger partial charge is 0.258 e. The summed E-state index contributed by atoms with van der Waals surface area (Å²) in [6.07, 6.45) is 0. The Kier molecular flexibility index (Phi) is 3.57. The van der Waals surface area contributed by atoms with Gasteiger partial charge in [-0.05, 0) is 17.5 Å². The number of nitro benzene ring substituents is 1. The van der Waals surface area contributed by atoms with Crippen LogP contribution in [-0.4, -0.2) is 10.3 Å². The zero-order valence-electron chi connectivity index (χ0n) is 7.54. The van der Waals surface area contributed by atoms with Crippen molar-refractivity contribution in [2.24, 2.45) is 0 Å². The molecule has 0 spiro atoms. The number of rotatable bonds is 3. The molecule has 0 aromatic heterocycles. The van der Waals surface area contributed by atoms with Crippen LogP contribution in [0, 0.1) is 15.9 Å². The molecule has 0 aliphatic heterocycles. The minimum absolute atomic E-state index is 0.144. The van der Waals surface area contributed by atoms with E-state index in [1.54, 1.807) is 6.07 Å². The van der Waals surface area contributed by atoms with Crippen molar-refractivity contribution in [3.63, 3.8) is 0 Å². The maximum Gasteiger partial charge on any atom is 0.304 e. The molecule has 0 amide bonds. The minimum Gasteiger partial charge on any atom is -0.258 e. The van der Waals surface area contributed by atoms with Gasteiger partial charge in [-0.15, -0.1) is 0 Å². The van der Waals surface area contributed by atoms with Gasteiger partial charge in [0.2, 0.25) is 5.82 Å². The van der Waals surface area contributed by atoms with Crippen molar-refractivity contribution in [2.75, 3.05) is 5.33 Å². The van der Waals surface area contributed by atoms with Crippen molar-refractivity contribution in [2.45, 2.75) is 12.8 Å². The van der Waals surface area contributed by atoms with E-state index in [4.69, 9.17) is 0 Å². The highest BCUT2D eigenvalue weighted by Gasteiger charge is 2.15. The number of alkyl halides is 1. The molecule has 0 aliphatic rings. The molecule has 0 N–H and O–H groups in total. The number of hydrogen-bond acceptors (Lipinski definition) is 2. The Morgan fingerprint density at radius 2 is 2.29 bits per heavy atom. The number of nitrogens with zero attached hydrogens (tertiary/aromatic N) is 1. The molecular weight excluding hydrogens is 253 g/mol. The summed E-state index contributed by atoms with van der Waals surface area (Å²) >= 11 is 3.27. The molecule has 1 atom stereocenters. The predicted octanol–water partition coefficient (Wildman–Crippen LogP) is 3.23. The second kappa shape index (κ2) is 4.50. The van der Waals surface area contributed by atoms with Crippen molar-refractivity contribution in [1.82, 2.24) is 0 Å². The van der Waals surface area contributed by atoms with Crippen LogP contribution in [0.4, 0.5) is 10.1 Å². The highest BCUT2D eigenvalue weighted by Crippen LogP contribution is 2.23. The summed E-state index contributed by atoms with van der Waals surface area (Å²) in [6, 6.07) is 3.99. The molecule has 3 nitrogen and oxygen atoms in total. The Balaban J connectivity index is 3.06. The summed E-state index contributed by atoms with van der Waals surface area (Å²) in [5.74, 6) is -0.634. The van der Waals surface area contributed by atoms with Gasteiger partial charge in [-0.3, -0.25) is 10.1 Å². The molecule has 0 radical (unpaired) electrons. The second-order valence-corrected chi connectivity index (χ2v) is 3.67. The average molecular weight is 262 g/mol.